The smallest absolute Gasteiger partial charge is 0.164 e. The highest BCUT2D eigenvalue weighted by Gasteiger charge is 1.96. The van der Waals surface area contributed by atoms with Gasteiger partial charge in [-0.25, -0.2) is 0 Å². The molecular weight excluding hydrogens is 359 g/mol. The highest BCUT2D eigenvalue weighted by atomic mass is 79.9. The van der Waals surface area contributed by atoms with E-state index < -0.39 is 0 Å². The summed E-state index contributed by atoms with van der Waals surface area (Å²) in [5.74, 6) is 1.96. The molecule has 0 rings (SSSR count). The van der Waals surface area contributed by atoms with Crippen molar-refractivity contribution in [3.05, 3.63) is 10.5 Å². The van der Waals surface area contributed by atoms with Crippen LogP contribution in [-0.2, 0) is 4.74 Å². The quantitative estimate of drug-likeness (QED) is 0.373. The molecule has 0 aliphatic carbocycles. The molecule has 0 atom stereocenters. The van der Waals surface area contributed by atoms with Crippen molar-refractivity contribution in [1.82, 2.24) is 0 Å². The number of unbranched alkanes of at least 4 members (excludes halogenated alkanes) is 1. The third-order valence-electron chi connectivity index (χ3n) is 0.937. The Hall–Kier alpha value is 1.41. The molecule has 0 aromatic rings. The first kappa shape index (κ1) is 12.4. The number of ether oxygens (including phenoxy) is 1. The van der Waals surface area contributed by atoms with E-state index in [9.17, 15) is 0 Å². The van der Waals surface area contributed by atoms with Crippen molar-refractivity contribution in [2.75, 3.05) is 6.61 Å². The largest absolute Gasteiger partial charge is 0.487 e. The van der Waals surface area contributed by atoms with Crippen molar-refractivity contribution in [2.24, 2.45) is 0 Å². The molecule has 0 aliphatic heterocycles. The molecule has 0 spiro atoms. The lowest BCUT2D eigenvalue weighted by Gasteiger charge is -2.02. The maximum absolute atomic E-state index is 5.33. The Kier molecular flexibility index (Phi) is 9.06. The molecule has 0 heterocycles. The summed E-state index contributed by atoms with van der Waals surface area (Å²) in [7, 11) is 0. The van der Waals surface area contributed by atoms with Gasteiger partial charge in [0.15, 0.2) is 4.67 Å². The second kappa shape index (κ2) is 8.03. The topological polar surface area (TPSA) is 9.23 Å². The van der Waals surface area contributed by atoms with E-state index in [1.54, 1.807) is 0 Å². The Morgan fingerprint density at radius 2 is 2.18 bits per heavy atom. The maximum atomic E-state index is 5.33. The van der Waals surface area contributed by atoms with Crippen molar-refractivity contribution in [3.63, 3.8) is 0 Å². The van der Waals surface area contributed by atoms with E-state index in [0.29, 0.717) is 0 Å². The zero-order valence-electron chi connectivity index (χ0n) is 6.19. The van der Waals surface area contributed by atoms with Crippen molar-refractivity contribution < 1.29 is 4.74 Å². The zero-order chi connectivity index (χ0) is 8.69. The van der Waals surface area contributed by atoms with Crippen molar-refractivity contribution in [1.29, 1.82) is 0 Å². The molecule has 0 aromatic carbocycles. The van der Waals surface area contributed by atoms with Crippen molar-refractivity contribution in [2.45, 2.75) is 19.8 Å². The summed E-state index contributed by atoms with van der Waals surface area (Å²) in [6.45, 7) is 2.93. The second-order valence-electron chi connectivity index (χ2n) is 1.89. The summed E-state index contributed by atoms with van der Waals surface area (Å²) in [4.78, 5) is 0. The fraction of sp³-hybridized carbons (Fsp3) is 0.667. The van der Waals surface area contributed by atoms with Crippen LogP contribution in [0, 0.1) is 0 Å². The number of halogens is 3. The molecule has 0 unspecified atom stereocenters. The highest BCUT2D eigenvalue weighted by Crippen LogP contribution is 2.54. The minimum atomic E-state index is -0.370. The van der Waals surface area contributed by atoms with Crippen LogP contribution in [0.4, 0.5) is 0 Å². The molecule has 11 heavy (non-hydrogen) atoms. The average molecular weight is 369 g/mol. The van der Waals surface area contributed by atoms with Crippen LogP contribution in [0.3, 0.4) is 0 Å². The predicted molar refractivity (Wildman–Crippen MR) is 62.6 cm³/mol. The van der Waals surface area contributed by atoms with Crippen LogP contribution in [0.2, 0.25) is 0 Å². The first-order valence-electron chi connectivity index (χ1n) is 3.27. The Morgan fingerprint density at radius 3 is 2.64 bits per heavy atom. The predicted octanol–water partition coefficient (Wildman–Crippen LogP) is 5.10. The van der Waals surface area contributed by atoms with Crippen LogP contribution in [-0.4, -0.2) is 6.61 Å². The summed E-state index contributed by atoms with van der Waals surface area (Å²) in [5, 5.41) is -0.370. The van der Waals surface area contributed by atoms with Gasteiger partial charge >= 0.3 is 0 Å². The first-order chi connectivity index (χ1) is 5.16. The maximum Gasteiger partial charge on any atom is 0.164 e. The van der Waals surface area contributed by atoms with E-state index in [1.807, 2.05) is 5.82 Å². The molecular formula is C6H10Br3OP. The zero-order valence-corrected chi connectivity index (χ0v) is 11.8. The molecule has 0 aromatic heterocycles. The van der Waals surface area contributed by atoms with Crippen LogP contribution < -0.4 is 0 Å². The van der Waals surface area contributed by atoms with Gasteiger partial charge in [-0.05, 0) is 53.3 Å². The second-order valence-corrected chi connectivity index (χ2v) is 10.9. The summed E-state index contributed by atoms with van der Waals surface area (Å²) in [6, 6.07) is 0. The highest BCUT2D eigenvalue weighted by molar-refractivity contribution is 9.69. The lowest BCUT2D eigenvalue weighted by Crippen LogP contribution is -1.88. The minimum Gasteiger partial charge on any atom is -0.487 e. The fourth-order valence-corrected chi connectivity index (χ4v) is 4.20. The van der Waals surface area contributed by atoms with Crippen molar-refractivity contribution >= 4 is 52.2 Å². The van der Waals surface area contributed by atoms with Gasteiger partial charge in [-0.15, -0.1) is 0 Å². The first-order valence-corrected chi connectivity index (χ1v) is 9.52. The Morgan fingerprint density at radius 1 is 1.55 bits per heavy atom. The standard InChI is InChI=1S/C6H10Br3OP/c1-2-3-4-10-6(7)5-11(8)9/h5H,2-4H2,1H3/b6-5-. The molecule has 1 nitrogen and oxygen atoms in total. The summed E-state index contributed by atoms with van der Waals surface area (Å²) in [6.07, 6.45) is 2.27. The van der Waals surface area contributed by atoms with Gasteiger partial charge in [0.1, 0.15) is 0 Å². The SMILES string of the molecule is CCCCO/C(Br)=C\P(Br)Br. The van der Waals surface area contributed by atoms with Gasteiger partial charge in [0, 0.05) is 5.82 Å². The molecule has 0 bridgehead atoms. The molecule has 66 valence electrons. The van der Waals surface area contributed by atoms with E-state index in [-0.39, 0.29) is 5.33 Å². The molecule has 5 heteroatoms. The van der Waals surface area contributed by atoms with Gasteiger partial charge in [-0.2, -0.15) is 0 Å². The summed E-state index contributed by atoms with van der Waals surface area (Å²) < 4.78 is 6.14. The molecule has 0 saturated heterocycles. The Balaban J connectivity index is 3.43. The van der Waals surface area contributed by atoms with E-state index in [0.717, 1.165) is 24.1 Å². The fourth-order valence-electron chi connectivity index (χ4n) is 0.428. The van der Waals surface area contributed by atoms with Gasteiger partial charge in [-0.1, -0.05) is 13.3 Å². The average Bonchev–Trinajstić information content (AvgIpc) is 1.86. The number of hydrogen-bond acceptors (Lipinski definition) is 1. The van der Waals surface area contributed by atoms with Crippen molar-refractivity contribution in [3.8, 4) is 0 Å². The van der Waals surface area contributed by atoms with Crippen LogP contribution in [0.15, 0.2) is 10.5 Å². The van der Waals surface area contributed by atoms with Crippen LogP contribution in [0.25, 0.3) is 0 Å². The lowest BCUT2D eigenvalue weighted by atomic mass is 10.4. The van der Waals surface area contributed by atoms with E-state index >= 15 is 0 Å². The lowest BCUT2D eigenvalue weighted by molar-refractivity contribution is 0.236. The van der Waals surface area contributed by atoms with Gasteiger partial charge in [0.2, 0.25) is 0 Å². The molecule has 0 saturated carbocycles. The minimum absolute atomic E-state index is 0.370. The summed E-state index contributed by atoms with van der Waals surface area (Å²) in [5.41, 5.74) is 0. The van der Waals surface area contributed by atoms with Crippen LogP contribution in [0.1, 0.15) is 19.8 Å². The molecule has 0 amide bonds. The van der Waals surface area contributed by atoms with Gasteiger partial charge in [-0.3, -0.25) is 0 Å². The normalized spacial score (nSPS) is 12.3. The van der Waals surface area contributed by atoms with Gasteiger partial charge in [0.05, 0.1) is 11.9 Å². The van der Waals surface area contributed by atoms with Gasteiger partial charge in [0.25, 0.3) is 0 Å². The number of hydrogen-bond donors (Lipinski definition) is 0. The van der Waals surface area contributed by atoms with E-state index in [4.69, 9.17) is 4.74 Å². The Labute approximate surface area is 93.3 Å². The monoisotopic (exact) mass is 366 g/mol. The molecule has 0 N–H and O–H groups in total. The third-order valence-corrected chi connectivity index (χ3v) is 3.41. The van der Waals surface area contributed by atoms with Crippen LogP contribution >= 0.6 is 52.2 Å². The third kappa shape index (κ3) is 9.32. The van der Waals surface area contributed by atoms with E-state index in [1.165, 1.54) is 0 Å². The number of rotatable bonds is 5. The molecule has 0 radical (unpaired) electrons. The van der Waals surface area contributed by atoms with E-state index in [2.05, 4.69) is 53.8 Å². The molecule has 0 aliphatic rings. The van der Waals surface area contributed by atoms with Gasteiger partial charge < -0.3 is 4.74 Å². The van der Waals surface area contributed by atoms with Crippen LogP contribution in [0.5, 0.6) is 0 Å². The summed E-state index contributed by atoms with van der Waals surface area (Å²) >= 11 is 10.1. The molecule has 0 fully saturated rings. The Bertz CT molecular complexity index is 127.